The zero-order chi connectivity index (χ0) is 21.1. The highest BCUT2D eigenvalue weighted by molar-refractivity contribution is 8.26. The average molecular weight is 447 g/mol. The molecule has 2 saturated heterocycles. The highest BCUT2D eigenvalue weighted by atomic mass is 32.2. The van der Waals surface area contributed by atoms with E-state index in [1.807, 2.05) is 6.07 Å². The molecule has 2 aromatic rings. The maximum atomic E-state index is 13.2. The Morgan fingerprint density at radius 3 is 3.07 bits per heavy atom. The maximum Gasteiger partial charge on any atom is 0.267 e. The van der Waals surface area contributed by atoms with Gasteiger partial charge >= 0.3 is 0 Å². The van der Waals surface area contributed by atoms with Crippen molar-refractivity contribution in [1.82, 2.24) is 14.3 Å². The van der Waals surface area contributed by atoms with Crippen LogP contribution in [0.5, 0.6) is 0 Å². The van der Waals surface area contributed by atoms with Crippen LogP contribution in [0.2, 0.25) is 0 Å². The Balaban J connectivity index is 1.71. The maximum absolute atomic E-state index is 13.2. The number of hydrogen-bond acceptors (Lipinski definition) is 8. The molecule has 4 heterocycles. The van der Waals surface area contributed by atoms with Gasteiger partial charge in [0.15, 0.2) is 0 Å². The second kappa shape index (κ2) is 9.25. The standard InChI is InChI=1S/C20H22N4O4S2/c1-27-10-8-24-19(26)15(30-20(24)29)11-14-17(21-12-13-5-4-9-28-13)22-16-6-2-3-7-23(16)18(14)25/h2-3,6-7,11,13,21H,4-5,8-10,12H2,1H3. The zero-order valence-electron chi connectivity index (χ0n) is 16.5. The fourth-order valence-electron chi connectivity index (χ4n) is 3.39. The molecule has 1 atom stereocenters. The minimum Gasteiger partial charge on any atom is -0.383 e. The molecule has 8 nitrogen and oxygen atoms in total. The van der Waals surface area contributed by atoms with Gasteiger partial charge in [-0.15, -0.1) is 0 Å². The number of anilines is 1. The highest BCUT2D eigenvalue weighted by Gasteiger charge is 2.32. The SMILES string of the molecule is COCCN1C(=O)C(=Cc2c(NCC3CCCO3)nc3ccccn3c2=O)SC1=S. The van der Waals surface area contributed by atoms with E-state index in [-0.39, 0.29) is 17.6 Å². The van der Waals surface area contributed by atoms with Crippen LogP contribution in [0.1, 0.15) is 18.4 Å². The summed E-state index contributed by atoms with van der Waals surface area (Å²) in [5.41, 5.74) is 0.601. The second-order valence-corrected chi connectivity index (χ2v) is 8.63. The molecular weight excluding hydrogens is 424 g/mol. The Morgan fingerprint density at radius 1 is 1.43 bits per heavy atom. The summed E-state index contributed by atoms with van der Waals surface area (Å²) in [6.45, 7) is 2.05. The number of ether oxygens (including phenoxy) is 2. The number of amides is 1. The van der Waals surface area contributed by atoms with E-state index in [4.69, 9.17) is 21.7 Å². The molecule has 2 aromatic heterocycles. The summed E-state index contributed by atoms with van der Waals surface area (Å²) in [6, 6.07) is 5.36. The predicted molar refractivity (Wildman–Crippen MR) is 121 cm³/mol. The number of hydrogen-bond donors (Lipinski definition) is 1. The number of thioether (sulfide) groups is 1. The van der Waals surface area contributed by atoms with Gasteiger partial charge in [-0.05, 0) is 31.1 Å². The van der Waals surface area contributed by atoms with Crippen LogP contribution < -0.4 is 10.9 Å². The van der Waals surface area contributed by atoms with Crippen LogP contribution in [0.3, 0.4) is 0 Å². The normalized spacial score (nSPS) is 20.6. The number of thiocarbonyl (C=S) groups is 1. The molecule has 0 radical (unpaired) electrons. The van der Waals surface area contributed by atoms with E-state index < -0.39 is 0 Å². The molecule has 1 unspecified atom stereocenters. The van der Waals surface area contributed by atoms with Crippen molar-refractivity contribution < 1.29 is 14.3 Å². The predicted octanol–water partition coefficient (Wildman–Crippen LogP) is 2.13. The number of rotatable bonds is 7. The Kier molecular flexibility index (Phi) is 6.47. The minimum atomic E-state index is -0.252. The molecule has 0 bridgehead atoms. The van der Waals surface area contributed by atoms with Gasteiger partial charge in [-0.3, -0.25) is 18.9 Å². The fourth-order valence-corrected chi connectivity index (χ4v) is 4.68. The van der Waals surface area contributed by atoms with Gasteiger partial charge in [-0.25, -0.2) is 4.98 Å². The molecule has 1 N–H and O–H groups in total. The lowest BCUT2D eigenvalue weighted by Gasteiger charge is -2.14. The summed E-state index contributed by atoms with van der Waals surface area (Å²) in [7, 11) is 1.57. The highest BCUT2D eigenvalue weighted by Crippen LogP contribution is 2.32. The number of fused-ring (bicyclic) bond motifs is 1. The third kappa shape index (κ3) is 4.27. The molecule has 0 saturated carbocycles. The van der Waals surface area contributed by atoms with Crippen molar-refractivity contribution >= 4 is 51.7 Å². The molecular formula is C20H22N4O4S2. The fraction of sp³-hybridized carbons (Fsp3) is 0.400. The molecule has 10 heteroatoms. The van der Waals surface area contributed by atoms with Crippen LogP contribution in [0.15, 0.2) is 34.1 Å². The molecule has 0 aliphatic carbocycles. The Labute approximate surface area is 183 Å². The van der Waals surface area contributed by atoms with Crippen molar-refractivity contribution in [2.24, 2.45) is 0 Å². The van der Waals surface area contributed by atoms with Gasteiger partial charge in [0.25, 0.3) is 11.5 Å². The smallest absolute Gasteiger partial charge is 0.267 e. The Morgan fingerprint density at radius 2 is 2.30 bits per heavy atom. The van der Waals surface area contributed by atoms with Crippen LogP contribution in [0.4, 0.5) is 5.82 Å². The Hall–Kier alpha value is -2.27. The van der Waals surface area contributed by atoms with Crippen LogP contribution in [-0.2, 0) is 14.3 Å². The van der Waals surface area contributed by atoms with Crippen LogP contribution in [-0.4, -0.2) is 64.0 Å². The summed E-state index contributed by atoms with van der Waals surface area (Å²) in [5, 5.41) is 3.25. The molecule has 0 aromatic carbocycles. The zero-order valence-corrected chi connectivity index (χ0v) is 18.1. The van der Waals surface area contributed by atoms with Gasteiger partial charge in [0, 0.05) is 26.5 Å². The number of nitrogens with zero attached hydrogens (tertiary/aromatic N) is 3. The van der Waals surface area contributed by atoms with Crippen molar-refractivity contribution in [2.75, 3.05) is 38.7 Å². The van der Waals surface area contributed by atoms with Crippen LogP contribution >= 0.6 is 24.0 Å². The summed E-state index contributed by atoms with van der Waals surface area (Å²) in [5.74, 6) is 0.202. The molecule has 2 fully saturated rings. The van der Waals surface area contributed by atoms with Crippen molar-refractivity contribution in [3.05, 3.63) is 45.2 Å². The number of nitrogens with one attached hydrogen (secondary N) is 1. The largest absolute Gasteiger partial charge is 0.383 e. The summed E-state index contributed by atoms with van der Waals surface area (Å²) >= 11 is 6.51. The van der Waals surface area contributed by atoms with Gasteiger partial charge in [0.05, 0.1) is 29.7 Å². The number of methoxy groups -OCH3 is 1. The second-order valence-electron chi connectivity index (χ2n) is 6.95. The van der Waals surface area contributed by atoms with E-state index in [9.17, 15) is 9.59 Å². The molecule has 4 rings (SSSR count). The number of carbonyl (C=O) groups excluding carboxylic acids is 1. The Bertz CT molecular complexity index is 1060. The quantitative estimate of drug-likeness (QED) is 0.512. The number of aromatic nitrogens is 2. The van der Waals surface area contributed by atoms with Crippen molar-refractivity contribution in [2.45, 2.75) is 18.9 Å². The lowest BCUT2D eigenvalue weighted by Crippen LogP contribution is -2.31. The van der Waals surface area contributed by atoms with E-state index in [1.165, 1.54) is 21.1 Å². The molecule has 30 heavy (non-hydrogen) atoms. The first-order valence-electron chi connectivity index (χ1n) is 9.69. The number of pyridine rings is 1. The molecule has 0 spiro atoms. The lowest BCUT2D eigenvalue weighted by molar-refractivity contribution is -0.122. The first kappa shape index (κ1) is 21.0. The molecule has 1 amide bonds. The lowest BCUT2D eigenvalue weighted by atomic mass is 10.2. The van der Waals surface area contributed by atoms with E-state index in [0.717, 1.165) is 19.4 Å². The number of carbonyl (C=O) groups is 1. The van der Waals surface area contributed by atoms with Crippen LogP contribution in [0, 0.1) is 0 Å². The summed E-state index contributed by atoms with van der Waals surface area (Å²) < 4.78 is 12.6. The van der Waals surface area contributed by atoms with Gasteiger partial charge < -0.3 is 14.8 Å². The molecule has 158 valence electrons. The van der Waals surface area contributed by atoms with Crippen molar-refractivity contribution in [3.8, 4) is 0 Å². The third-order valence-corrected chi connectivity index (χ3v) is 6.34. The van der Waals surface area contributed by atoms with E-state index in [1.54, 1.807) is 31.5 Å². The topological polar surface area (TPSA) is 85.2 Å². The first-order chi connectivity index (χ1) is 14.6. The monoisotopic (exact) mass is 446 g/mol. The van der Waals surface area contributed by atoms with Crippen LogP contribution in [0.25, 0.3) is 11.7 Å². The van der Waals surface area contributed by atoms with Gasteiger partial charge in [0.2, 0.25) is 0 Å². The summed E-state index contributed by atoms with van der Waals surface area (Å²) in [6.07, 6.45) is 5.32. The minimum absolute atomic E-state index is 0.0844. The van der Waals surface area contributed by atoms with Gasteiger partial charge in [0.1, 0.15) is 15.8 Å². The average Bonchev–Trinajstić information content (AvgIpc) is 3.36. The van der Waals surface area contributed by atoms with E-state index in [2.05, 4.69) is 10.3 Å². The first-order valence-corrected chi connectivity index (χ1v) is 10.9. The van der Waals surface area contributed by atoms with Crippen molar-refractivity contribution in [3.63, 3.8) is 0 Å². The molecule has 2 aliphatic rings. The van der Waals surface area contributed by atoms with Gasteiger partial charge in [-0.1, -0.05) is 30.0 Å². The molecule has 2 aliphatic heterocycles. The van der Waals surface area contributed by atoms with Gasteiger partial charge in [-0.2, -0.15) is 0 Å². The van der Waals surface area contributed by atoms with E-state index >= 15 is 0 Å². The van der Waals surface area contributed by atoms with E-state index in [0.29, 0.717) is 46.0 Å². The third-order valence-electron chi connectivity index (χ3n) is 4.96. The summed E-state index contributed by atoms with van der Waals surface area (Å²) in [4.78, 5) is 32.5. The van der Waals surface area contributed by atoms with Crippen molar-refractivity contribution in [1.29, 1.82) is 0 Å².